The minimum absolute atomic E-state index is 0.0689. The molecule has 0 aliphatic carbocycles. The molecule has 4 nitrogen and oxygen atoms in total. The van der Waals surface area contributed by atoms with Gasteiger partial charge in [0.15, 0.2) is 5.78 Å². The Morgan fingerprint density at radius 2 is 2.00 bits per heavy atom. The number of carbonyl (C=O) groups excluding carboxylic acids is 1. The summed E-state index contributed by atoms with van der Waals surface area (Å²) >= 11 is 0. The molecule has 14 heavy (non-hydrogen) atoms. The smallest absolute Gasteiger partial charge is 0.352 e. The number of hydrogen-bond donors (Lipinski definition) is 2. The quantitative estimate of drug-likeness (QED) is 0.723. The molecule has 0 bridgehead atoms. The lowest BCUT2D eigenvalue weighted by atomic mass is 10.1. The summed E-state index contributed by atoms with van der Waals surface area (Å²) in [6.07, 6.45) is 0. The Kier molecular flexibility index (Phi) is 2.74. The average Bonchev–Trinajstić information content (AvgIpc) is 2.45. The van der Waals surface area contributed by atoms with Crippen molar-refractivity contribution < 1.29 is 14.7 Å². The van der Waals surface area contributed by atoms with E-state index in [0.29, 0.717) is 11.3 Å². The first-order chi connectivity index (χ1) is 6.43. The van der Waals surface area contributed by atoms with Crippen molar-refractivity contribution in [2.24, 2.45) is 5.92 Å². The van der Waals surface area contributed by atoms with Gasteiger partial charge in [-0.15, -0.1) is 0 Å². The van der Waals surface area contributed by atoms with Crippen molar-refractivity contribution in [2.45, 2.75) is 20.8 Å². The third-order valence-corrected chi connectivity index (χ3v) is 2.02. The van der Waals surface area contributed by atoms with Gasteiger partial charge in [0.1, 0.15) is 5.69 Å². The van der Waals surface area contributed by atoms with Crippen molar-refractivity contribution in [3.05, 3.63) is 23.0 Å². The number of Topliss-reactive ketones (excluding diaryl/α,β-unsaturated/α-hetero) is 1. The summed E-state index contributed by atoms with van der Waals surface area (Å²) in [4.78, 5) is 24.8. The van der Waals surface area contributed by atoms with E-state index in [1.165, 1.54) is 0 Å². The first-order valence-electron chi connectivity index (χ1n) is 4.40. The van der Waals surface area contributed by atoms with E-state index in [2.05, 4.69) is 4.98 Å². The van der Waals surface area contributed by atoms with Gasteiger partial charge in [0, 0.05) is 5.92 Å². The van der Waals surface area contributed by atoms with Crippen LogP contribution in [-0.4, -0.2) is 21.8 Å². The molecule has 0 aliphatic rings. The van der Waals surface area contributed by atoms with Gasteiger partial charge < -0.3 is 10.1 Å². The van der Waals surface area contributed by atoms with Crippen LogP contribution in [0.4, 0.5) is 0 Å². The number of ketones is 1. The van der Waals surface area contributed by atoms with Crippen LogP contribution in [0.3, 0.4) is 0 Å². The third kappa shape index (κ3) is 1.84. The minimum Gasteiger partial charge on any atom is -0.477 e. The number of aromatic carboxylic acids is 1. The molecule has 76 valence electrons. The zero-order valence-electron chi connectivity index (χ0n) is 8.42. The Labute approximate surface area is 81.9 Å². The predicted octanol–water partition coefficient (Wildman–Crippen LogP) is 1.86. The molecule has 0 aliphatic heterocycles. The summed E-state index contributed by atoms with van der Waals surface area (Å²) in [5.41, 5.74) is 1.05. The first-order valence-corrected chi connectivity index (χ1v) is 4.40. The zero-order valence-corrected chi connectivity index (χ0v) is 8.42. The summed E-state index contributed by atoms with van der Waals surface area (Å²) in [6.45, 7) is 5.22. The standard InChI is InChI=1S/C10H13NO3/c1-5(2)9(12)7-4-6(3)8(11-7)10(13)14/h4-5,11H,1-3H3,(H,13,14). The molecule has 2 N–H and O–H groups in total. The molecule has 0 unspecified atom stereocenters. The molecule has 4 heteroatoms. The van der Waals surface area contributed by atoms with Gasteiger partial charge in [0.05, 0.1) is 5.69 Å². The Bertz CT molecular complexity index is 377. The fraction of sp³-hybridized carbons (Fsp3) is 0.400. The lowest BCUT2D eigenvalue weighted by Gasteiger charge is -1.99. The van der Waals surface area contributed by atoms with E-state index in [9.17, 15) is 9.59 Å². The summed E-state index contributed by atoms with van der Waals surface area (Å²) in [6, 6.07) is 1.58. The molecule has 0 saturated carbocycles. The van der Waals surface area contributed by atoms with E-state index in [0.717, 1.165) is 0 Å². The van der Waals surface area contributed by atoms with Gasteiger partial charge in [-0.1, -0.05) is 13.8 Å². The van der Waals surface area contributed by atoms with Crippen LogP contribution in [0, 0.1) is 12.8 Å². The number of H-pyrrole nitrogens is 1. The van der Waals surface area contributed by atoms with Crippen LogP contribution in [0.5, 0.6) is 0 Å². The highest BCUT2D eigenvalue weighted by molar-refractivity contribution is 5.98. The van der Waals surface area contributed by atoms with E-state index in [4.69, 9.17) is 5.11 Å². The Morgan fingerprint density at radius 1 is 1.43 bits per heavy atom. The molecule has 0 fully saturated rings. The molecular formula is C10H13NO3. The number of nitrogens with one attached hydrogen (secondary N) is 1. The van der Waals surface area contributed by atoms with Crippen LogP contribution < -0.4 is 0 Å². The second-order valence-corrected chi connectivity index (χ2v) is 3.57. The molecule has 0 aromatic carbocycles. The number of aryl methyl sites for hydroxylation is 1. The van der Waals surface area contributed by atoms with Crippen molar-refractivity contribution in [1.29, 1.82) is 0 Å². The molecule has 1 heterocycles. The average molecular weight is 195 g/mol. The van der Waals surface area contributed by atoms with E-state index < -0.39 is 5.97 Å². The van der Waals surface area contributed by atoms with E-state index >= 15 is 0 Å². The maximum absolute atomic E-state index is 11.5. The van der Waals surface area contributed by atoms with Crippen molar-refractivity contribution in [1.82, 2.24) is 4.98 Å². The molecule has 0 atom stereocenters. The number of aromatic nitrogens is 1. The van der Waals surface area contributed by atoms with Gasteiger partial charge in [-0.2, -0.15) is 0 Å². The minimum atomic E-state index is -1.04. The van der Waals surface area contributed by atoms with Crippen LogP contribution in [0.2, 0.25) is 0 Å². The number of carboxylic acid groups (broad SMARTS) is 1. The van der Waals surface area contributed by atoms with E-state index in [1.807, 2.05) is 0 Å². The number of carbonyl (C=O) groups is 2. The van der Waals surface area contributed by atoms with Crippen LogP contribution >= 0.6 is 0 Å². The summed E-state index contributed by atoms with van der Waals surface area (Å²) < 4.78 is 0. The molecule has 1 rings (SSSR count). The molecule has 0 amide bonds. The molecule has 0 spiro atoms. The van der Waals surface area contributed by atoms with Crippen molar-refractivity contribution in [2.75, 3.05) is 0 Å². The number of rotatable bonds is 3. The van der Waals surface area contributed by atoms with Gasteiger partial charge in [-0.3, -0.25) is 4.79 Å². The molecular weight excluding hydrogens is 182 g/mol. The van der Waals surface area contributed by atoms with E-state index in [-0.39, 0.29) is 17.4 Å². The summed E-state index contributed by atoms with van der Waals surface area (Å²) in [5.74, 6) is -1.24. The molecule has 0 radical (unpaired) electrons. The fourth-order valence-electron chi connectivity index (χ4n) is 1.22. The summed E-state index contributed by atoms with van der Waals surface area (Å²) in [5, 5.41) is 8.76. The topological polar surface area (TPSA) is 70.2 Å². The maximum Gasteiger partial charge on any atom is 0.352 e. The van der Waals surface area contributed by atoms with Crippen LogP contribution in [0.25, 0.3) is 0 Å². The normalized spacial score (nSPS) is 10.6. The summed E-state index contributed by atoms with van der Waals surface area (Å²) in [7, 11) is 0. The first kappa shape index (κ1) is 10.5. The lowest BCUT2D eigenvalue weighted by Crippen LogP contribution is -2.08. The highest BCUT2D eigenvalue weighted by atomic mass is 16.4. The van der Waals surface area contributed by atoms with Gasteiger partial charge in [0.25, 0.3) is 0 Å². The Balaban J connectivity index is 3.09. The Morgan fingerprint density at radius 3 is 2.36 bits per heavy atom. The van der Waals surface area contributed by atoms with Gasteiger partial charge in [-0.05, 0) is 18.6 Å². The van der Waals surface area contributed by atoms with Crippen molar-refractivity contribution in [3.8, 4) is 0 Å². The Hall–Kier alpha value is -1.58. The number of aromatic amines is 1. The van der Waals surface area contributed by atoms with Crippen LogP contribution in [0.15, 0.2) is 6.07 Å². The highest BCUT2D eigenvalue weighted by Crippen LogP contribution is 2.13. The SMILES string of the molecule is Cc1cc(C(=O)C(C)C)[nH]c1C(=O)O. The van der Waals surface area contributed by atoms with Crippen LogP contribution in [0.1, 0.15) is 40.4 Å². The van der Waals surface area contributed by atoms with Crippen LogP contribution in [-0.2, 0) is 0 Å². The lowest BCUT2D eigenvalue weighted by molar-refractivity contribution is 0.0690. The largest absolute Gasteiger partial charge is 0.477 e. The monoisotopic (exact) mass is 195 g/mol. The molecule has 0 saturated heterocycles. The third-order valence-electron chi connectivity index (χ3n) is 2.02. The number of carboxylic acids is 1. The predicted molar refractivity (Wildman–Crippen MR) is 51.7 cm³/mol. The zero-order chi connectivity index (χ0) is 10.9. The second-order valence-electron chi connectivity index (χ2n) is 3.57. The van der Waals surface area contributed by atoms with Crippen molar-refractivity contribution in [3.63, 3.8) is 0 Å². The molecule has 1 aromatic rings. The van der Waals surface area contributed by atoms with Gasteiger partial charge in [0.2, 0.25) is 0 Å². The second kappa shape index (κ2) is 3.65. The highest BCUT2D eigenvalue weighted by Gasteiger charge is 2.17. The molecule has 1 aromatic heterocycles. The number of hydrogen-bond acceptors (Lipinski definition) is 2. The fourth-order valence-corrected chi connectivity index (χ4v) is 1.22. The van der Waals surface area contributed by atoms with Crippen molar-refractivity contribution >= 4 is 11.8 Å². The van der Waals surface area contributed by atoms with Gasteiger partial charge in [-0.25, -0.2) is 4.79 Å². The van der Waals surface area contributed by atoms with E-state index in [1.54, 1.807) is 26.8 Å². The van der Waals surface area contributed by atoms with Gasteiger partial charge >= 0.3 is 5.97 Å². The maximum atomic E-state index is 11.5.